The van der Waals surface area contributed by atoms with E-state index in [2.05, 4.69) is 16.9 Å². The zero-order valence-corrected chi connectivity index (χ0v) is 11.4. The molecule has 0 atom stereocenters. The average Bonchev–Trinajstić information content (AvgIpc) is 2.74. The Hall–Kier alpha value is -1.82. The van der Waals surface area contributed by atoms with Crippen molar-refractivity contribution in [1.82, 2.24) is 14.5 Å². The van der Waals surface area contributed by atoms with Crippen LogP contribution in [0.1, 0.15) is 19.8 Å². The third kappa shape index (κ3) is 3.14. The van der Waals surface area contributed by atoms with Gasteiger partial charge in [0, 0.05) is 12.7 Å². The van der Waals surface area contributed by atoms with E-state index in [1.165, 1.54) is 0 Å². The summed E-state index contributed by atoms with van der Waals surface area (Å²) in [5.74, 6) is 1.01. The largest absolute Gasteiger partial charge is 0.481 e. The highest BCUT2D eigenvalue weighted by Crippen LogP contribution is 2.19. The summed E-state index contributed by atoms with van der Waals surface area (Å²) in [4.78, 5) is 8.64. The number of nitrogens with zero attached hydrogens (tertiary/aromatic N) is 3. The summed E-state index contributed by atoms with van der Waals surface area (Å²) in [6.45, 7) is 4.17. The molecule has 2 heterocycles. The summed E-state index contributed by atoms with van der Waals surface area (Å²) in [5.41, 5.74) is 7.40. The van der Waals surface area contributed by atoms with Gasteiger partial charge in [-0.25, -0.2) is 4.98 Å². The second-order valence-electron chi connectivity index (χ2n) is 4.28. The van der Waals surface area contributed by atoms with E-state index in [-0.39, 0.29) is 0 Å². The molecule has 0 aliphatic heterocycles. The van der Waals surface area contributed by atoms with Gasteiger partial charge in [-0.1, -0.05) is 13.3 Å². The van der Waals surface area contributed by atoms with Crippen LogP contribution in [0.5, 0.6) is 5.88 Å². The van der Waals surface area contributed by atoms with Crippen molar-refractivity contribution < 1.29 is 9.47 Å². The molecule has 2 rings (SSSR count). The highest BCUT2D eigenvalue weighted by molar-refractivity contribution is 5.74. The highest BCUT2D eigenvalue weighted by atomic mass is 16.5. The summed E-state index contributed by atoms with van der Waals surface area (Å²) in [6, 6.07) is 3.63. The Morgan fingerprint density at radius 3 is 2.84 bits per heavy atom. The Balaban J connectivity index is 2.10. The molecule has 0 saturated heterocycles. The van der Waals surface area contributed by atoms with Crippen LogP contribution in [-0.2, 0) is 11.3 Å². The van der Waals surface area contributed by atoms with Crippen molar-refractivity contribution in [1.29, 1.82) is 0 Å². The molecule has 2 aromatic rings. The Labute approximate surface area is 112 Å². The quantitative estimate of drug-likeness (QED) is 0.772. The van der Waals surface area contributed by atoms with Gasteiger partial charge in [-0.15, -0.1) is 0 Å². The second kappa shape index (κ2) is 6.38. The van der Waals surface area contributed by atoms with E-state index in [0.29, 0.717) is 25.0 Å². The van der Waals surface area contributed by atoms with Gasteiger partial charge in [0.25, 0.3) is 0 Å². The Kier molecular flexibility index (Phi) is 4.57. The maximum absolute atomic E-state index is 5.90. The summed E-state index contributed by atoms with van der Waals surface area (Å²) in [5, 5.41) is 0. The van der Waals surface area contributed by atoms with E-state index in [1.807, 2.05) is 10.6 Å². The van der Waals surface area contributed by atoms with Gasteiger partial charge in [0.05, 0.1) is 20.3 Å². The lowest BCUT2D eigenvalue weighted by Crippen LogP contribution is -2.10. The molecular weight excluding hydrogens is 244 g/mol. The zero-order chi connectivity index (χ0) is 13.7. The second-order valence-corrected chi connectivity index (χ2v) is 4.28. The molecule has 19 heavy (non-hydrogen) atoms. The van der Waals surface area contributed by atoms with Crippen molar-refractivity contribution >= 4 is 17.1 Å². The highest BCUT2D eigenvalue weighted by Gasteiger charge is 2.10. The number of ether oxygens (including phenoxy) is 2. The molecule has 0 radical (unpaired) electrons. The van der Waals surface area contributed by atoms with Gasteiger partial charge < -0.3 is 15.2 Å². The molecule has 104 valence electrons. The molecule has 0 amide bonds. The van der Waals surface area contributed by atoms with Crippen LogP contribution < -0.4 is 10.5 Å². The molecule has 2 N–H and O–H groups in total. The topological polar surface area (TPSA) is 75.2 Å². The maximum Gasteiger partial charge on any atom is 0.215 e. The van der Waals surface area contributed by atoms with Crippen molar-refractivity contribution in [2.24, 2.45) is 0 Å². The molecule has 0 unspecified atom stereocenters. The van der Waals surface area contributed by atoms with E-state index < -0.39 is 0 Å². The monoisotopic (exact) mass is 264 g/mol. The fourth-order valence-electron chi connectivity index (χ4n) is 1.84. The number of hydrogen-bond donors (Lipinski definition) is 1. The van der Waals surface area contributed by atoms with E-state index >= 15 is 0 Å². The first-order chi connectivity index (χ1) is 9.26. The molecule has 0 aromatic carbocycles. The van der Waals surface area contributed by atoms with Crippen LogP contribution in [0.3, 0.4) is 0 Å². The van der Waals surface area contributed by atoms with Gasteiger partial charge in [0.2, 0.25) is 11.8 Å². The molecule has 0 aliphatic rings. The van der Waals surface area contributed by atoms with Crippen LogP contribution in [0.4, 0.5) is 5.95 Å². The minimum Gasteiger partial charge on any atom is -0.481 e. The lowest BCUT2D eigenvalue weighted by molar-refractivity contribution is 0.124. The van der Waals surface area contributed by atoms with Gasteiger partial charge in [0.1, 0.15) is 5.52 Å². The number of hydrogen-bond acceptors (Lipinski definition) is 5. The first-order valence-electron chi connectivity index (χ1n) is 6.50. The van der Waals surface area contributed by atoms with Gasteiger partial charge >= 0.3 is 0 Å². The summed E-state index contributed by atoms with van der Waals surface area (Å²) >= 11 is 0. The van der Waals surface area contributed by atoms with Gasteiger partial charge in [-0.2, -0.15) is 4.98 Å². The first-order valence-corrected chi connectivity index (χ1v) is 6.50. The van der Waals surface area contributed by atoms with Crippen LogP contribution in [0, 0.1) is 0 Å². The average molecular weight is 264 g/mol. The van der Waals surface area contributed by atoms with Gasteiger partial charge in [-0.3, -0.25) is 4.57 Å². The zero-order valence-electron chi connectivity index (χ0n) is 11.4. The Morgan fingerprint density at radius 2 is 2.11 bits per heavy atom. The van der Waals surface area contributed by atoms with Crippen molar-refractivity contribution in [2.45, 2.75) is 26.3 Å². The van der Waals surface area contributed by atoms with E-state index in [0.717, 1.165) is 30.6 Å². The van der Waals surface area contributed by atoms with Crippen molar-refractivity contribution in [3.63, 3.8) is 0 Å². The number of nitrogen functional groups attached to an aromatic ring is 1. The van der Waals surface area contributed by atoms with E-state index in [4.69, 9.17) is 15.2 Å². The molecule has 0 fully saturated rings. The normalized spacial score (nSPS) is 11.1. The van der Waals surface area contributed by atoms with Crippen LogP contribution in [-0.4, -0.2) is 34.9 Å². The number of nitrogens with two attached hydrogens (primary N) is 1. The molecule has 6 nitrogen and oxygen atoms in total. The van der Waals surface area contributed by atoms with Crippen LogP contribution in [0.15, 0.2) is 12.1 Å². The van der Waals surface area contributed by atoms with E-state index in [1.54, 1.807) is 13.2 Å². The molecule has 2 aromatic heterocycles. The predicted octanol–water partition coefficient (Wildman–Crippen LogP) is 1.84. The lowest BCUT2D eigenvalue weighted by Gasteiger charge is -2.07. The van der Waals surface area contributed by atoms with Crippen LogP contribution >= 0.6 is 0 Å². The number of fused-ring (bicyclic) bond motifs is 1. The number of anilines is 1. The number of imidazole rings is 1. The summed E-state index contributed by atoms with van der Waals surface area (Å²) in [6.07, 6.45) is 2.21. The van der Waals surface area contributed by atoms with Crippen molar-refractivity contribution in [2.75, 3.05) is 26.1 Å². The first kappa shape index (κ1) is 13.6. The third-order valence-corrected chi connectivity index (χ3v) is 2.91. The van der Waals surface area contributed by atoms with Crippen molar-refractivity contribution in [3.8, 4) is 5.88 Å². The Bertz CT molecular complexity index is 539. The smallest absolute Gasteiger partial charge is 0.215 e. The standard InChI is InChI=1S/C13H20N4O2/c1-3-4-8-19-9-7-17-12-10(15-13(17)14)5-6-11(16-12)18-2/h5-6H,3-4,7-9H2,1-2H3,(H2,14,15). The molecule has 0 aliphatic carbocycles. The van der Waals surface area contributed by atoms with Gasteiger partial charge in [0.15, 0.2) is 5.65 Å². The summed E-state index contributed by atoms with van der Waals surface area (Å²) in [7, 11) is 1.59. The van der Waals surface area contributed by atoms with E-state index in [9.17, 15) is 0 Å². The number of pyridine rings is 1. The van der Waals surface area contributed by atoms with Crippen LogP contribution in [0.25, 0.3) is 11.2 Å². The minimum absolute atomic E-state index is 0.454. The number of aromatic nitrogens is 3. The van der Waals surface area contributed by atoms with Crippen LogP contribution in [0.2, 0.25) is 0 Å². The maximum atomic E-state index is 5.90. The lowest BCUT2D eigenvalue weighted by atomic mass is 10.4. The fourth-order valence-corrected chi connectivity index (χ4v) is 1.84. The number of rotatable bonds is 7. The minimum atomic E-state index is 0.454. The molecular formula is C13H20N4O2. The molecule has 0 bridgehead atoms. The molecule has 0 saturated carbocycles. The molecule has 0 spiro atoms. The fraction of sp³-hybridized carbons (Fsp3) is 0.538. The molecule has 6 heteroatoms. The third-order valence-electron chi connectivity index (χ3n) is 2.91. The van der Waals surface area contributed by atoms with Gasteiger partial charge in [-0.05, 0) is 12.5 Å². The SMILES string of the molecule is CCCCOCCn1c(N)nc2ccc(OC)nc21. The number of methoxy groups -OCH3 is 1. The summed E-state index contributed by atoms with van der Waals surface area (Å²) < 4.78 is 12.5. The predicted molar refractivity (Wildman–Crippen MR) is 74.2 cm³/mol. The number of unbranched alkanes of at least 4 members (excludes halogenated alkanes) is 1. The van der Waals surface area contributed by atoms with Crippen molar-refractivity contribution in [3.05, 3.63) is 12.1 Å². The Morgan fingerprint density at radius 1 is 1.26 bits per heavy atom.